The van der Waals surface area contributed by atoms with Crippen LogP contribution < -0.4 is 5.32 Å². The average Bonchev–Trinajstić information content (AvgIpc) is 3.31. The highest BCUT2D eigenvalue weighted by atomic mass is 14.9. The van der Waals surface area contributed by atoms with Crippen LogP contribution in [0.5, 0.6) is 0 Å². The SMILES string of the molecule is C[C@H](NCc1cccc(C2CC2)c1)c1cccnc1. The van der Waals surface area contributed by atoms with Crippen LogP contribution in [0.4, 0.5) is 0 Å². The van der Waals surface area contributed by atoms with Gasteiger partial charge >= 0.3 is 0 Å². The van der Waals surface area contributed by atoms with Crippen molar-refractivity contribution in [2.75, 3.05) is 0 Å². The Kier molecular flexibility index (Phi) is 3.60. The monoisotopic (exact) mass is 252 g/mol. The summed E-state index contributed by atoms with van der Waals surface area (Å²) in [4.78, 5) is 4.17. The Morgan fingerprint density at radius 1 is 1.26 bits per heavy atom. The molecule has 0 unspecified atom stereocenters. The third kappa shape index (κ3) is 3.21. The van der Waals surface area contributed by atoms with Crippen LogP contribution in [0.15, 0.2) is 48.8 Å². The number of hydrogen-bond acceptors (Lipinski definition) is 2. The van der Waals surface area contributed by atoms with Crippen molar-refractivity contribution in [3.63, 3.8) is 0 Å². The summed E-state index contributed by atoms with van der Waals surface area (Å²) in [7, 11) is 0. The normalized spacial score (nSPS) is 16.3. The quantitative estimate of drug-likeness (QED) is 0.875. The van der Waals surface area contributed by atoms with Gasteiger partial charge in [0, 0.05) is 25.0 Å². The first-order valence-electron chi connectivity index (χ1n) is 7.05. The van der Waals surface area contributed by atoms with Crippen LogP contribution in [0, 0.1) is 0 Å². The highest BCUT2D eigenvalue weighted by molar-refractivity contribution is 5.29. The Balaban J connectivity index is 1.61. The summed E-state index contributed by atoms with van der Waals surface area (Å²) in [5.41, 5.74) is 4.12. The molecule has 1 N–H and O–H groups in total. The maximum absolute atomic E-state index is 4.17. The Morgan fingerprint density at radius 3 is 2.89 bits per heavy atom. The molecule has 1 aromatic heterocycles. The van der Waals surface area contributed by atoms with E-state index in [0.717, 1.165) is 12.5 Å². The van der Waals surface area contributed by atoms with Crippen molar-refractivity contribution in [1.82, 2.24) is 10.3 Å². The number of aromatic nitrogens is 1. The van der Waals surface area contributed by atoms with Crippen LogP contribution in [0.3, 0.4) is 0 Å². The van der Waals surface area contributed by atoms with Gasteiger partial charge in [0.15, 0.2) is 0 Å². The van der Waals surface area contributed by atoms with Gasteiger partial charge in [-0.2, -0.15) is 0 Å². The molecule has 1 heterocycles. The molecule has 1 aliphatic carbocycles. The van der Waals surface area contributed by atoms with Crippen molar-refractivity contribution in [3.8, 4) is 0 Å². The minimum Gasteiger partial charge on any atom is -0.306 e. The Morgan fingerprint density at radius 2 is 2.16 bits per heavy atom. The molecule has 0 bridgehead atoms. The van der Waals surface area contributed by atoms with Crippen LogP contribution in [-0.2, 0) is 6.54 Å². The summed E-state index contributed by atoms with van der Waals surface area (Å²) in [6.07, 6.45) is 6.47. The Labute approximate surface area is 114 Å². The lowest BCUT2D eigenvalue weighted by Crippen LogP contribution is -2.18. The van der Waals surface area contributed by atoms with Gasteiger partial charge in [0.05, 0.1) is 0 Å². The van der Waals surface area contributed by atoms with Gasteiger partial charge in [-0.3, -0.25) is 4.98 Å². The standard InChI is InChI=1S/C17H20N2/c1-13(17-6-3-9-18-12-17)19-11-14-4-2-5-16(10-14)15-7-8-15/h2-6,9-10,12-13,15,19H,7-8,11H2,1H3/t13-/m0/s1. The van der Waals surface area contributed by atoms with Crippen molar-refractivity contribution >= 4 is 0 Å². The molecule has 1 aromatic carbocycles. The first-order valence-corrected chi connectivity index (χ1v) is 7.05. The molecule has 19 heavy (non-hydrogen) atoms. The summed E-state index contributed by atoms with van der Waals surface area (Å²) in [5.74, 6) is 0.829. The molecular formula is C17H20N2. The smallest absolute Gasteiger partial charge is 0.0315 e. The van der Waals surface area contributed by atoms with E-state index in [0.29, 0.717) is 6.04 Å². The minimum absolute atomic E-state index is 0.332. The summed E-state index contributed by atoms with van der Waals surface area (Å²) >= 11 is 0. The van der Waals surface area contributed by atoms with Gasteiger partial charge in [-0.05, 0) is 48.4 Å². The third-order valence-electron chi connectivity index (χ3n) is 3.80. The van der Waals surface area contributed by atoms with E-state index in [1.54, 1.807) is 0 Å². The van der Waals surface area contributed by atoms with Gasteiger partial charge in [-0.15, -0.1) is 0 Å². The molecule has 0 radical (unpaired) electrons. The molecule has 0 spiro atoms. The lowest BCUT2D eigenvalue weighted by molar-refractivity contribution is 0.573. The van der Waals surface area contributed by atoms with Gasteiger partial charge in [-0.25, -0.2) is 0 Å². The largest absolute Gasteiger partial charge is 0.306 e. The zero-order valence-electron chi connectivity index (χ0n) is 11.3. The molecule has 3 rings (SSSR count). The summed E-state index contributed by atoms with van der Waals surface area (Å²) in [5, 5.41) is 3.56. The highest BCUT2D eigenvalue weighted by Gasteiger charge is 2.23. The molecule has 0 amide bonds. The second-order valence-electron chi connectivity index (χ2n) is 5.41. The Bertz CT molecular complexity index is 532. The fraction of sp³-hybridized carbons (Fsp3) is 0.353. The molecule has 1 saturated carbocycles. The number of nitrogens with zero attached hydrogens (tertiary/aromatic N) is 1. The molecule has 0 aliphatic heterocycles. The number of rotatable bonds is 5. The molecular weight excluding hydrogens is 232 g/mol. The summed E-state index contributed by atoms with van der Waals surface area (Å²) < 4.78 is 0. The summed E-state index contributed by atoms with van der Waals surface area (Å²) in [6, 6.07) is 13.4. The molecule has 0 saturated heterocycles. The van der Waals surface area contributed by atoms with Crippen LogP contribution >= 0.6 is 0 Å². The zero-order valence-corrected chi connectivity index (χ0v) is 11.3. The third-order valence-corrected chi connectivity index (χ3v) is 3.80. The number of pyridine rings is 1. The number of benzene rings is 1. The first kappa shape index (κ1) is 12.4. The molecule has 1 atom stereocenters. The predicted molar refractivity (Wildman–Crippen MR) is 77.9 cm³/mol. The van der Waals surface area contributed by atoms with Crippen LogP contribution in [0.25, 0.3) is 0 Å². The zero-order chi connectivity index (χ0) is 13.1. The molecule has 2 heteroatoms. The van der Waals surface area contributed by atoms with Crippen molar-refractivity contribution in [1.29, 1.82) is 0 Å². The van der Waals surface area contributed by atoms with Crippen LogP contribution in [-0.4, -0.2) is 4.98 Å². The Hall–Kier alpha value is -1.67. The molecule has 1 aliphatic rings. The van der Waals surface area contributed by atoms with E-state index in [9.17, 15) is 0 Å². The van der Waals surface area contributed by atoms with Gasteiger partial charge in [-0.1, -0.05) is 30.3 Å². The van der Waals surface area contributed by atoms with Gasteiger partial charge in [0.2, 0.25) is 0 Å². The van der Waals surface area contributed by atoms with E-state index < -0.39 is 0 Å². The molecule has 2 aromatic rings. The lowest BCUT2D eigenvalue weighted by Gasteiger charge is -2.14. The predicted octanol–water partition coefficient (Wildman–Crippen LogP) is 3.81. The van der Waals surface area contributed by atoms with Crippen LogP contribution in [0.1, 0.15) is 48.4 Å². The van der Waals surface area contributed by atoms with E-state index in [-0.39, 0.29) is 0 Å². The van der Waals surface area contributed by atoms with Crippen LogP contribution in [0.2, 0.25) is 0 Å². The fourth-order valence-electron chi connectivity index (χ4n) is 2.39. The highest BCUT2D eigenvalue weighted by Crippen LogP contribution is 2.40. The first-order chi connectivity index (χ1) is 9.33. The van der Waals surface area contributed by atoms with E-state index in [1.165, 1.54) is 29.5 Å². The maximum Gasteiger partial charge on any atom is 0.0315 e. The van der Waals surface area contributed by atoms with Crippen molar-refractivity contribution in [2.45, 2.75) is 38.3 Å². The second kappa shape index (κ2) is 5.54. The fourth-order valence-corrected chi connectivity index (χ4v) is 2.39. The van der Waals surface area contributed by atoms with Gasteiger partial charge in [0.25, 0.3) is 0 Å². The second-order valence-corrected chi connectivity index (χ2v) is 5.41. The van der Waals surface area contributed by atoms with E-state index >= 15 is 0 Å². The van der Waals surface area contributed by atoms with E-state index in [4.69, 9.17) is 0 Å². The molecule has 98 valence electrons. The van der Waals surface area contributed by atoms with Gasteiger partial charge in [0.1, 0.15) is 0 Å². The minimum atomic E-state index is 0.332. The van der Waals surface area contributed by atoms with Crippen molar-refractivity contribution in [2.24, 2.45) is 0 Å². The topological polar surface area (TPSA) is 24.9 Å². The maximum atomic E-state index is 4.17. The van der Waals surface area contributed by atoms with Crippen molar-refractivity contribution < 1.29 is 0 Å². The van der Waals surface area contributed by atoms with Gasteiger partial charge < -0.3 is 5.32 Å². The lowest BCUT2D eigenvalue weighted by atomic mass is 10.1. The number of nitrogens with one attached hydrogen (secondary N) is 1. The van der Waals surface area contributed by atoms with Crippen molar-refractivity contribution in [3.05, 3.63) is 65.5 Å². The average molecular weight is 252 g/mol. The molecule has 1 fully saturated rings. The number of hydrogen-bond donors (Lipinski definition) is 1. The van der Waals surface area contributed by atoms with E-state index in [1.807, 2.05) is 18.5 Å². The summed E-state index contributed by atoms with van der Waals surface area (Å²) in [6.45, 7) is 3.10. The molecule has 2 nitrogen and oxygen atoms in total. The van der Waals surface area contributed by atoms with E-state index in [2.05, 4.69) is 47.6 Å².